The molecule has 10 heteroatoms. The van der Waals surface area contributed by atoms with Gasteiger partial charge in [0.2, 0.25) is 0 Å². The third kappa shape index (κ3) is 4.48. The maximum atomic E-state index is 12.7. The summed E-state index contributed by atoms with van der Waals surface area (Å²) in [5.41, 5.74) is 1.22. The van der Waals surface area contributed by atoms with Crippen LogP contribution >= 0.6 is 0 Å². The third-order valence-corrected chi connectivity index (χ3v) is 6.63. The van der Waals surface area contributed by atoms with Crippen LogP contribution < -0.4 is 5.32 Å². The lowest BCUT2D eigenvalue weighted by atomic mass is 10.1. The first-order valence-electron chi connectivity index (χ1n) is 9.74. The van der Waals surface area contributed by atoms with Crippen molar-refractivity contribution in [2.75, 3.05) is 33.3 Å². The van der Waals surface area contributed by atoms with E-state index in [0.717, 1.165) is 0 Å². The van der Waals surface area contributed by atoms with Crippen molar-refractivity contribution >= 4 is 32.8 Å². The molecule has 2 amide bonds. The van der Waals surface area contributed by atoms with E-state index in [-0.39, 0.29) is 10.9 Å². The largest absolute Gasteiger partial charge is 0.467 e. The Labute approximate surface area is 176 Å². The topological polar surface area (TPSA) is 108 Å². The molecule has 2 aliphatic heterocycles. The highest BCUT2D eigenvalue weighted by molar-refractivity contribution is 8.00. The van der Waals surface area contributed by atoms with E-state index in [2.05, 4.69) is 14.5 Å². The minimum Gasteiger partial charge on any atom is -0.467 e. The normalized spacial score (nSPS) is 19.8. The average molecular weight is 435 g/mol. The molecule has 1 unspecified atom stereocenters. The zero-order valence-corrected chi connectivity index (χ0v) is 18.1. The molecule has 9 nitrogen and oxygen atoms in total. The number of carbonyl (C=O) groups excluding carboxylic acids is 2. The third-order valence-electron chi connectivity index (χ3n) is 5.15. The van der Waals surface area contributed by atoms with Crippen LogP contribution in [0.15, 0.2) is 40.3 Å². The van der Waals surface area contributed by atoms with E-state index in [4.69, 9.17) is 0 Å². The molecule has 0 spiro atoms. The van der Waals surface area contributed by atoms with Crippen molar-refractivity contribution in [3.8, 4) is 0 Å². The second-order valence-electron chi connectivity index (χ2n) is 7.23. The predicted molar refractivity (Wildman–Crippen MR) is 113 cm³/mol. The van der Waals surface area contributed by atoms with Crippen LogP contribution in [0, 0.1) is 0 Å². The lowest BCUT2D eigenvalue weighted by molar-refractivity contribution is -0.142. The molecule has 0 radical (unpaired) electrons. The van der Waals surface area contributed by atoms with Crippen molar-refractivity contribution in [3.05, 3.63) is 41.5 Å². The monoisotopic (exact) mass is 434 g/mol. The van der Waals surface area contributed by atoms with Crippen molar-refractivity contribution in [2.24, 2.45) is 4.40 Å². The van der Waals surface area contributed by atoms with Gasteiger partial charge in [-0.3, -0.25) is 0 Å². The molecule has 162 valence electrons. The first kappa shape index (κ1) is 21.8. The van der Waals surface area contributed by atoms with E-state index >= 15 is 0 Å². The fourth-order valence-electron chi connectivity index (χ4n) is 3.62. The minimum absolute atomic E-state index is 0.226. The number of hydrogen-bond acceptors (Lipinski definition) is 6. The van der Waals surface area contributed by atoms with Crippen LogP contribution in [-0.4, -0.2) is 75.4 Å². The number of amidine groups is 1. The number of methoxy groups -OCH3 is 1. The quantitative estimate of drug-likeness (QED) is 0.721. The number of nitrogens with one attached hydrogen (secondary N) is 1. The Morgan fingerprint density at radius 2 is 1.83 bits per heavy atom. The highest BCUT2D eigenvalue weighted by atomic mass is 32.2. The molecular formula is C20H26N4O5S. The Morgan fingerprint density at radius 3 is 2.50 bits per heavy atom. The number of amides is 2. The molecule has 0 bridgehead atoms. The summed E-state index contributed by atoms with van der Waals surface area (Å²) in [6.45, 7) is 5.21. The Hall–Kier alpha value is -2.88. The summed E-state index contributed by atoms with van der Waals surface area (Å²) in [6, 6.07) is 7.83. The second-order valence-corrected chi connectivity index (χ2v) is 8.77. The van der Waals surface area contributed by atoms with Crippen molar-refractivity contribution in [3.63, 3.8) is 0 Å². The molecule has 2 heterocycles. The first-order chi connectivity index (χ1) is 14.2. The van der Waals surface area contributed by atoms with Crippen LogP contribution in [0.5, 0.6) is 0 Å². The van der Waals surface area contributed by atoms with Crippen LogP contribution in [0.25, 0.3) is 4.91 Å². The van der Waals surface area contributed by atoms with E-state index in [0.29, 0.717) is 49.6 Å². The average Bonchev–Trinajstić information content (AvgIpc) is 2.88. The van der Waals surface area contributed by atoms with Gasteiger partial charge < -0.3 is 19.9 Å². The summed E-state index contributed by atoms with van der Waals surface area (Å²) < 4.78 is 34.1. The Bertz CT molecular complexity index is 988. The number of nitrogens with zero attached hydrogens (tertiary/aromatic N) is 3. The molecule has 30 heavy (non-hydrogen) atoms. The van der Waals surface area contributed by atoms with Crippen molar-refractivity contribution in [2.45, 2.75) is 26.3 Å². The van der Waals surface area contributed by atoms with Gasteiger partial charge >= 0.3 is 12.0 Å². The van der Waals surface area contributed by atoms with E-state index in [9.17, 15) is 18.0 Å². The van der Waals surface area contributed by atoms with E-state index in [1.807, 2.05) is 11.0 Å². The molecular weight excluding hydrogens is 408 g/mol. The predicted octanol–water partition coefficient (Wildman–Crippen LogP) is 1.44. The molecule has 1 aromatic rings. The van der Waals surface area contributed by atoms with Gasteiger partial charge in [-0.1, -0.05) is 30.3 Å². The van der Waals surface area contributed by atoms with Gasteiger partial charge in [0, 0.05) is 31.8 Å². The van der Waals surface area contributed by atoms with E-state index in [1.54, 1.807) is 43.0 Å². The highest BCUT2D eigenvalue weighted by Crippen LogP contribution is 2.33. The molecule has 3 rings (SSSR count). The molecule has 1 saturated heterocycles. The molecule has 0 saturated carbocycles. The molecule has 0 aliphatic carbocycles. The number of benzene rings is 1. The van der Waals surface area contributed by atoms with Gasteiger partial charge in [-0.15, -0.1) is 4.40 Å². The van der Waals surface area contributed by atoms with Gasteiger partial charge in [0.05, 0.1) is 7.11 Å². The number of rotatable bonds is 3. The fourth-order valence-corrected chi connectivity index (χ4v) is 5.10. The van der Waals surface area contributed by atoms with E-state index in [1.165, 1.54) is 7.11 Å². The first-order valence-corrected chi connectivity index (χ1v) is 11.2. The summed E-state index contributed by atoms with van der Waals surface area (Å²) in [5.74, 6) is -0.0847. The van der Waals surface area contributed by atoms with Crippen molar-refractivity contribution < 1.29 is 22.7 Å². The fraction of sp³-hybridized carbons (Fsp3) is 0.450. The summed E-state index contributed by atoms with van der Waals surface area (Å²) in [5, 5.41) is 2.62. The zero-order chi connectivity index (χ0) is 21.9. The van der Waals surface area contributed by atoms with Gasteiger partial charge in [0.1, 0.15) is 16.8 Å². The second kappa shape index (κ2) is 8.86. The number of hydrogen-bond donors (Lipinski definition) is 1. The van der Waals surface area contributed by atoms with Crippen LogP contribution in [0.1, 0.15) is 25.8 Å². The lowest BCUT2D eigenvalue weighted by Gasteiger charge is -2.24. The maximum Gasteiger partial charge on any atom is 0.328 e. The molecule has 1 aromatic carbocycles. The Morgan fingerprint density at radius 1 is 1.13 bits per heavy atom. The molecule has 1 fully saturated rings. The van der Waals surface area contributed by atoms with Crippen molar-refractivity contribution in [1.82, 2.24) is 15.1 Å². The Kier molecular flexibility index (Phi) is 6.45. The number of urea groups is 1. The number of ether oxygens (including phenoxy) is 1. The minimum atomic E-state index is -3.78. The van der Waals surface area contributed by atoms with Crippen molar-refractivity contribution in [1.29, 1.82) is 0 Å². The molecule has 1 N–H and O–H groups in total. The Balaban J connectivity index is 1.73. The van der Waals surface area contributed by atoms with Crippen LogP contribution in [-0.2, 0) is 19.6 Å². The summed E-state index contributed by atoms with van der Waals surface area (Å²) in [4.78, 5) is 27.7. The number of carbonyl (C=O) groups is 2. The van der Waals surface area contributed by atoms with Gasteiger partial charge in [0.15, 0.2) is 0 Å². The SMILES string of the molecule is COC(=O)C(C)NC(=O)N1CCCN(C2=NS(=O)(=O)C(c3ccccc3)=C2C)CC1. The van der Waals surface area contributed by atoms with Crippen LogP contribution in [0.3, 0.4) is 0 Å². The van der Waals surface area contributed by atoms with Gasteiger partial charge in [0.25, 0.3) is 10.0 Å². The molecule has 1 atom stereocenters. The number of esters is 1. The maximum absolute atomic E-state index is 12.7. The van der Waals surface area contributed by atoms with Gasteiger partial charge in [-0.05, 0) is 25.8 Å². The highest BCUT2D eigenvalue weighted by Gasteiger charge is 2.34. The molecule has 2 aliphatic rings. The standard InChI is InChI=1S/C20H26N4O5S/c1-14-17(16-8-5-4-6-9-16)30(27,28)22-18(14)23-10-7-11-24(13-12-23)20(26)21-15(2)19(25)29-3/h4-6,8-9,15H,7,10-13H2,1-3H3,(H,21,26). The van der Waals surface area contributed by atoms with E-state index < -0.39 is 22.0 Å². The van der Waals surface area contributed by atoms with Crippen LogP contribution in [0.4, 0.5) is 4.79 Å². The smallest absolute Gasteiger partial charge is 0.328 e. The summed E-state index contributed by atoms with van der Waals surface area (Å²) >= 11 is 0. The zero-order valence-electron chi connectivity index (χ0n) is 17.3. The number of sulfonamides is 1. The van der Waals surface area contributed by atoms with Gasteiger partial charge in [-0.25, -0.2) is 9.59 Å². The lowest BCUT2D eigenvalue weighted by Crippen LogP contribution is -2.48. The van der Waals surface area contributed by atoms with Gasteiger partial charge in [-0.2, -0.15) is 8.42 Å². The summed E-state index contributed by atoms with van der Waals surface area (Å²) in [7, 11) is -2.51. The molecule has 0 aromatic heterocycles. The van der Waals surface area contributed by atoms with Crippen LogP contribution in [0.2, 0.25) is 0 Å². The summed E-state index contributed by atoms with van der Waals surface area (Å²) in [6.07, 6.45) is 0.646.